The summed E-state index contributed by atoms with van der Waals surface area (Å²) in [6.07, 6.45) is 3.02. The first kappa shape index (κ1) is 10.2. The Morgan fingerprint density at radius 2 is 1.93 bits per heavy atom. The Labute approximate surface area is 88.9 Å². The van der Waals surface area contributed by atoms with Crippen molar-refractivity contribution in [2.45, 2.75) is 31.3 Å². The van der Waals surface area contributed by atoms with Crippen LogP contribution in [0.2, 0.25) is 0 Å². The average molecular weight is 205 g/mol. The SMILES string of the molecule is NC(=O)Cc1ccc(C2(O)CCC2)cc1. The van der Waals surface area contributed by atoms with Crippen LogP contribution < -0.4 is 5.73 Å². The van der Waals surface area contributed by atoms with Crippen molar-refractivity contribution in [3.8, 4) is 0 Å². The summed E-state index contributed by atoms with van der Waals surface area (Å²) in [5.41, 5.74) is 6.32. The van der Waals surface area contributed by atoms with Crippen LogP contribution in [0.4, 0.5) is 0 Å². The highest BCUT2D eigenvalue weighted by Crippen LogP contribution is 2.40. The Morgan fingerprint density at radius 3 is 2.33 bits per heavy atom. The molecule has 15 heavy (non-hydrogen) atoms. The van der Waals surface area contributed by atoms with Crippen LogP contribution in [-0.4, -0.2) is 11.0 Å². The Morgan fingerprint density at radius 1 is 1.33 bits per heavy atom. The highest BCUT2D eigenvalue weighted by molar-refractivity contribution is 5.76. The molecule has 3 N–H and O–H groups in total. The highest BCUT2D eigenvalue weighted by atomic mass is 16.3. The molecule has 1 aromatic carbocycles. The molecule has 0 bridgehead atoms. The number of benzene rings is 1. The molecule has 0 aliphatic heterocycles. The van der Waals surface area contributed by atoms with Crippen LogP contribution in [-0.2, 0) is 16.8 Å². The normalized spacial score (nSPS) is 18.2. The number of hydrogen-bond acceptors (Lipinski definition) is 2. The van der Waals surface area contributed by atoms with Crippen LogP contribution in [0.15, 0.2) is 24.3 Å². The number of primary amides is 1. The quantitative estimate of drug-likeness (QED) is 0.775. The fourth-order valence-electron chi connectivity index (χ4n) is 1.93. The van der Waals surface area contributed by atoms with Gasteiger partial charge in [-0.3, -0.25) is 4.79 Å². The van der Waals surface area contributed by atoms with Crippen LogP contribution in [0.1, 0.15) is 30.4 Å². The maximum Gasteiger partial charge on any atom is 0.221 e. The van der Waals surface area contributed by atoms with Gasteiger partial charge in [0, 0.05) is 0 Å². The molecule has 1 fully saturated rings. The summed E-state index contributed by atoms with van der Waals surface area (Å²) in [4.78, 5) is 10.7. The summed E-state index contributed by atoms with van der Waals surface area (Å²) in [7, 11) is 0. The number of carbonyl (C=O) groups is 1. The molecule has 3 heteroatoms. The van der Waals surface area contributed by atoms with Gasteiger partial charge in [-0.15, -0.1) is 0 Å². The summed E-state index contributed by atoms with van der Waals surface area (Å²) in [6, 6.07) is 7.49. The minimum Gasteiger partial charge on any atom is -0.385 e. The zero-order valence-electron chi connectivity index (χ0n) is 8.57. The van der Waals surface area contributed by atoms with Crippen LogP contribution in [0.25, 0.3) is 0 Å². The van der Waals surface area contributed by atoms with Crippen molar-refractivity contribution >= 4 is 5.91 Å². The molecule has 0 aromatic heterocycles. The van der Waals surface area contributed by atoms with E-state index in [0.29, 0.717) is 0 Å². The van der Waals surface area contributed by atoms with Crippen LogP contribution >= 0.6 is 0 Å². The van der Waals surface area contributed by atoms with Gasteiger partial charge in [0.15, 0.2) is 0 Å². The minimum atomic E-state index is -0.620. The van der Waals surface area contributed by atoms with E-state index < -0.39 is 5.60 Å². The Kier molecular flexibility index (Phi) is 2.49. The maximum absolute atomic E-state index is 10.7. The number of rotatable bonds is 3. The van der Waals surface area contributed by atoms with Gasteiger partial charge in [0.2, 0.25) is 5.91 Å². The van der Waals surface area contributed by atoms with Gasteiger partial charge in [0.25, 0.3) is 0 Å². The lowest BCUT2D eigenvalue weighted by Crippen LogP contribution is -2.33. The van der Waals surface area contributed by atoms with Gasteiger partial charge in [0.1, 0.15) is 0 Å². The molecule has 0 atom stereocenters. The summed E-state index contributed by atoms with van der Waals surface area (Å²) < 4.78 is 0. The smallest absolute Gasteiger partial charge is 0.221 e. The minimum absolute atomic E-state index is 0.263. The van der Waals surface area contributed by atoms with Gasteiger partial charge in [-0.2, -0.15) is 0 Å². The Bertz CT molecular complexity index is 366. The summed E-state index contributed by atoms with van der Waals surface area (Å²) in [5, 5.41) is 10.1. The van der Waals surface area contributed by atoms with E-state index in [1.54, 1.807) is 0 Å². The second kappa shape index (κ2) is 3.66. The zero-order chi connectivity index (χ0) is 10.9. The lowest BCUT2D eigenvalue weighted by atomic mass is 9.75. The van der Waals surface area contributed by atoms with Gasteiger partial charge in [0.05, 0.1) is 12.0 Å². The second-order valence-electron chi connectivity index (χ2n) is 4.23. The van der Waals surface area contributed by atoms with E-state index in [-0.39, 0.29) is 12.3 Å². The third-order valence-corrected chi connectivity index (χ3v) is 3.05. The maximum atomic E-state index is 10.7. The van der Waals surface area contributed by atoms with Crippen LogP contribution in [0.5, 0.6) is 0 Å². The first-order chi connectivity index (χ1) is 7.10. The average Bonchev–Trinajstić information content (AvgIpc) is 2.14. The van der Waals surface area contributed by atoms with E-state index in [4.69, 9.17) is 5.73 Å². The second-order valence-corrected chi connectivity index (χ2v) is 4.23. The molecule has 80 valence electrons. The zero-order valence-corrected chi connectivity index (χ0v) is 8.57. The van der Waals surface area contributed by atoms with E-state index in [0.717, 1.165) is 30.4 Å². The third-order valence-electron chi connectivity index (χ3n) is 3.05. The third kappa shape index (κ3) is 2.02. The number of aliphatic hydroxyl groups is 1. The van der Waals surface area contributed by atoms with Crippen LogP contribution in [0.3, 0.4) is 0 Å². The Hall–Kier alpha value is -1.35. The molecule has 2 rings (SSSR count). The molecule has 0 spiro atoms. The number of nitrogens with two attached hydrogens (primary N) is 1. The van der Waals surface area contributed by atoms with E-state index in [2.05, 4.69) is 0 Å². The molecule has 1 aliphatic carbocycles. The molecular formula is C12H15NO2. The van der Waals surface area contributed by atoms with E-state index in [9.17, 15) is 9.90 Å². The van der Waals surface area contributed by atoms with Gasteiger partial charge < -0.3 is 10.8 Å². The summed E-state index contributed by atoms with van der Waals surface area (Å²) in [6.45, 7) is 0. The van der Waals surface area contributed by atoms with Gasteiger partial charge in [-0.25, -0.2) is 0 Å². The molecule has 1 aromatic rings. The standard InChI is InChI=1S/C12H15NO2/c13-11(14)8-9-2-4-10(5-3-9)12(15)6-1-7-12/h2-5,15H,1,6-8H2,(H2,13,14). The lowest BCUT2D eigenvalue weighted by molar-refractivity contribution is -0.117. The van der Waals surface area contributed by atoms with Crippen molar-refractivity contribution in [2.24, 2.45) is 5.73 Å². The van der Waals surface area contributed by atoms with Crippen molar-refractivity contribution in [2.75, 3.05) is 0 Å². The first-order valence-corrected chi connectivity index (χ1v) is 5.20. The molecule has 3 nitrogen and oxygen atoms in total. The first-order valence-electron chi connectivity index (χ1n) is 5.20. The fraction of sp³-hybridized carbons (Fsp3) is 0.417. The van der Waals surface area contributed by atoms with Crippen molar-refractivity contribution in [3.63, 3.8) is 0 Å². The molecule has 1 aliphatic rings. The summed E-state index contributed by atoms with van der Waals surface area (Å²) in [5.74, 6) is -0.329. The molecule has 0 heterocycles. The van der Waals surface area contributed by atoms with Gasteiger partial charge in [-0.05, 0) is 30.4 Å². The molecule has 0 radical (unpaired) electrons. The van der Waals surface area contributed by atoms with E-state index in [1.807, 2.05) is 24.3 Å². The highest BCUT2D eigenvalue weighted by Gasteiger charge is 2.35. The lowest BCUT2D eigenvalue weighted by Gasteiger charge is -2.37. The predicted molar refractivity (Wildman–Crippen MR) is 57.1 cm³/mol. The number of carbonyl (C=O) groups excluding carboxylic acids is 1. The van der Waals surface area contributed by atoms with Gasteiger partial charge in [-0.1, -0.05) is 24.3 Å². The predicted octanol–water partition coefficient (Wildman–Crippen LogP) is 1.09. The van der Waals surface area contributed by atoms with Crippen molar-refractivity contribution in [1.82, 2.24) is 0 Å². The monoisotopic (exact) mass is 205 g/mol. The van der Waals surface area contributed by atoms with E-state index in [1.165, 1.54) is 0 Å². The van der Waals surface area contributed by atoms with Crippen LogP contribution in [0, 0.1) is 0 Å². The Balaban J connectivity index is 2.13. The fourth-order valence-corrected chi connectivity index (χ4v) is 1.93. The topological polar surface area (TPSA) is 63.3 Å². The molecule has 1 saturated carbocycles. The van der Waals surface area contributed by atoms with Crippen molar-refractivity contribution in [1.29, 1.82) is 0 Å². The van der Waals surface area contributed by atoms with Crippen molar-refractivity contribution < 1.29 is 9.90 Å². The van der Waals surface area contributed by atoms with Crippen molar-refractivity contribution in [3.05, 3.63) is 35.4 Å². The van der Waals surface area contributed by atoms with Gasteiger partial charge >= 0.3 is 0 Å². The molecule has 0 saturated heterocycles. The molecular weight excluding hydrogens is 190 g/mol. The summed E-state index contributed by atoms with van der Waals surface area (Å²) >= 11 is 0. The largest absolute Gasteiger partial charge is 0.385 e. The number of hydrogen-bond donors (Lipinski definition) is 2. The number of amides is 1. The molecule has 0 unspecified atom stereocenters. The molecule has 1 amide bonds. The van der Waals surface area contributed by atoms with E-state index >= 15 is 0 Å².